The second-order valence-corrected chi connectivity index (χ2v) is 37.0. The third-order valence-corrected chi connectivity index (χ3v) is 25.5. The van der Waals surface area contributed by atoms with Gasteiger partial charge in [0.2, 0.25) is 0 Å². The first-order chi connectivity index (χ1) is 58.1. The Kier molecular flexibility index (Phi) is 67.3. The van der Waals surface area contributed by atoms with Crippen molar-refractivity contribution in [2.45, 2.75) is 543 Å². The quantitative estimate of drug-likeness (QED) is 0.0117. The molecular weight excluding hydrogens is 1560 g/mol. The molecule has 120 heavy (non-hydrogen) atoms. The van der Waals surface area contributed by atoms with Gasteiger partial charge in [0.15, 0.2) is 24.8 Å². The molecule has 0 aromatic carbocycles. The Morgan fingerprint density at radius 1 is 0.325 bits per heavy atom. The standard InChI is InChI=1S/C94H177O25P/c1-6-10-14-18-22-25-28-31-34-37-40-43-46-53-60-66-78(97)111-72-76-82(101)84(103)88(107)94(115-76)118-91-89(116-80(99)68-62-56-48-45-42-39-36-33-30-27-24-20-16-12-8-3)85(104)86(105)90(117-93-87(106)83(102)81(100)75(69-95)114-93)92(91)119-120(108,109)112-71-74(113-79(98)67-61-55-47-44-41-38-35-32-29-26-23-19-15-11-7-2)70-110-77(96)65-59-54-50-49-52-58-64-73(5)63-57-51-21-17-13-9-4/h73-76,81-95,100-107H,6-72H2,1-5H3,(H,108,109). The number of esters is 4. The highest BCUT2D eigenvalue weighted by molar-refractivity contribution is 7.47. The Balaban J connectivity index is 1.91. The number of carbonyl (C=O) groups is 4. The van der Waals surface area contributed by atoms with Crippen molar-refractivity contribution in [3.8, 4) is 0 Å². The van der Waals surface area contributed by atoms with Crippen molar-refractivity contribution in [1.82, 2.24) is 0 Å². The molecule has 0 aromatic heterocycles. The van der Waals surface area contributed by atoms with Crippen molar-refractivity contribution in [2.75, 3.05) is 26.4 Å². The Morgan fingerprint density at radius 3 is 0.992 bits per heavy atom. The molecule has 1 saturated carbocycles. The van der Waals surface area contributed by atoms with Crippen molar-refractivity contribution in [3.05, 3.63) is 0 Å². The van der Waals surface area contributed by atoms with Crippen LogP contribution in [0, 0.1) is 5.92 Å². The first kappa shape index (κ1) is 112. The zero-order valence-corrected chi connectivity index (χ0v) is 76.7. The molecular formula is C94H177O25P. The van der Waals surface area contributed by atoms with Crippen LogP contribution in [0.15, 0.2) is 0 Å². The third-order valence-electron chi connectivity index (χ3n) is 24.5. The normalized spacial score (nSPS) is 24.9. The minimum atomic E-state index is -5.81. The number of phosphoric ester groups is 1. The molecule has 0 spiro atoms. The molecule has 2 saturated heterocycles. The molecule has 19 atom stereocenters. The van der Waals surface area contributed by atoms with Gasteiger partial charge >= 0.3 is 31.7 Å². The van der Waals surface area contributed by atoms with E-state index >= 15 is 0 Å². The predicted octanol–water partition coefficient (Wildman–Crippen LogP) is 18.8. The van der Waals surface area contributed by atoms with E-state index in [1.165, 1.54) is 218 Å². The molecule has 3 aliphatic rings. The first-order valence-corrected chi connectivity index (χ1v) is 50.7. The maximum Gasteiger partial charge on any atom is 0.472 e. The van der Waals surface area contributed by atoms with Crippen LogP contribution >= 0.6 is 7.82 Å². The van der Waals surface area contributed by atoms with Crippen LogP contribution in [-0.2, 0) is 70.7 Å². The summed E-state index contributed by atoms with van der Waals surface area (Å²) < 4.78 is 73.6. The number of phosphoric acid groups is 1. The van der Waals surface area contributed by atoms with Crippen LogP contribution in [0.25, 0.3) is 0 Å². The van der Waals surface area contributed by atoms with Crippen molar-refractivity contribution in [1.29, 1.82) is 0 Å². The van der Waals surface area contributed by atoms with Crippen LogP contribution in [-0.4, -0.2) is 205 Å². The highest BCUT2D eigenvalue weighted by Crippen LogP contribution is 2.49. The van der Waals surface area contributed by atoms with Crippen LogP contribution in [0.2, 0.25) is 0 Å². The van der Waals surface area contributed by atoms with E-state index in [9.17, 15) is 74.6 Å². The van der Waals surface area contributed by atoms with Gasteiger partial charge in [-0.25, -0.2) is 4.57 Å². The molecule has 3 fully saturated rings. The third kappa shape index (κ3) is 52.1. The molecule has 19 unspecified atom stereocenters. The van der Waals surface area contributed by atoms with E-state index in [4.69, 9.17) is 46.9 Å². The van der Waals surface area contributed by atoms with Crippen molar-refractivity contribution in [3.63, 3.8) is 0 Å². The van der Waals surface area contributed by atoms with Gasteiger partial charge in [0.25, 0.3) is 0 Å². The topological polar surface area (TPSA) is 380 Å². The van der Waals surface area contributed by atoms with Crippen LogP contribution in [0.1, 0.15) is 439 Å². The zero-order chi connectivity index (χ0) is 87.6. The lowest BCUT2D eigenvalue weighted by atomic mass is 9.84. The summed E-state index contributed by atoms with van der Waals surface area (Å²) in [4.78, 5) is 66.6. The Bertz CT molecular complexity index is 2500. The van der Waals surface area contributed by atoms with Gasteiger partial charge in [0, 0.05) is 25.7 Å². The van der Waals surface area contributed by atoms with Gasteiger partial charge in [0.1, 0.15) is 92.6 Å². The average Bonchev–Trinajstić information content (AvgIpc) is 0.753. The van der Waals surface area contributed by atoms with Gasteiger partial charge in [-0.05, 0) is 31.6 Å². The molecule has 26 heteroatoms. The molecule has 2 heterocycles. The van der Waals surface area contributed by atoms with E-state index in [1.54, 1.807) is 0 Å². The highest BCUT2D eigenvalue weighted by Gasteiger charge is 2.60. The number of unbranched alkanes of at least 4 members (excludes halogenated alkanes) is 52. The van der Waals surface area contributed by atoms with Crippen LogP contribution < -0.4 is 0 Å². The van der Waals surface area contributed by atoms with E-state index in [1.807, 2.05) is 0 Å². The maximum absolute atomic E-state index is 14.9. The SMILES string of the molecule is CCCCCCCCCCCCCCCCCC(=O)OCC1OC(OC2C(OC(=O)CCCCCCCCCCCCCCCCC)C(O)C(O)C(OC3OC(CO)C(O)C(O)C3O)C2OP(=O)(O)OCC(COC(=O)CCCCCCCCC(C)CCCCCCCC)OC(=O)CCCCCCCCCCCCCCCCC)C(O)C(O)C1O. The summed E-state index contributed by atoms with van der Waals surface area (Å²) in [7, 11) is -5.81. The number of rotatable bonds is 80. The number of aliphatic hydroxyl groups excluding tert-OH is 9. The van der Waals surface area contributed by atoms with Gasteiger partial charge in [0.05, 0.1) is 13.2 Å². The number of hydrogen-bond donors (Lipinski definition) is 10. The van der Waals surface area contributed by atoms with E-state index in [2.05, 4.69) is 34.6 Å². The lowest BCUT2D eigenvalue weighted by molar-refractivity contribution is -0.360. The molecule has 25 nitrogen and oxygen atoms in total. The Labute approximate surface area is 725 Å². The van der Waals surface area contributed by atoms with Crippen molar-refractivity contribution < 1.29 is 122 Å². The first-order valence-electron chi connectivity index (χ1n) is 49.2. The predicted molar refractivity (Wildman–Crippen MR) is 467 cm³/mol. The van der Waals surface area contributed by atoms with Crippen LogP contribution in [0.4, 0.5) is 0 Å². The Hall–Kier alpha value is -2.53. The van der Waals surface area contributed by atoms with Gasteiger partial charge in [-0.2, -0.15) is 0 Å². The fourth-order valence-electron chi connectivity index (χ4n) is 16.6. The number of ether oxygens (including phenoxy) is 8. The smallest absolute Gasteiger partial charge is 0.463 e. The number of aliphatic hydroxyl groups is 9. The largest absolute Gasteiger partial charge is 0.472 e. The van der Waals surface area contributed by atoms with Gasteiger partial charge in [-0.1, -0.05) is 388 Å². The van der Waals surface area contributed by atoms with Crippen molar-refractivity contribution in [2.24, 2.45) is 5.92 Å². The number of carbonyl (C=O) groups excluding carboxylic acids is 4. The molecule has 0 bridgehead atoms. The summed E-state index contributed by atoms with van der Waals surface area (Å²) >= 11 is 0. The summed E-state index contributed by atoms with van der Waals surface area (Å²) in [5, 5.41) is 102. The molecule has 708 valence electrons. The summed E-state index contributed by atoms with van der Waals surface area (Å²) in [6.45, 7) is 7.99. The van der Waals surface area contributed by atoms with Gasteiger partial charge in [-0.15, -0.1) is 0 Å². The molecule has 3 rings (SSSR count). The molecule has 2 aliphatic heterocycles. The summed E-state index contributed by atoms with van der Waals surface area (Å²) in [5.41, 5.74) is 0. The second-order valence-electron chi connectivity index (χ2n) is 35.6. The van der Waals surface area contributed by atoms with Crippen molar-refractivity contribution >= 4 is 31.7 Å². The van der Waals surface area contributed by atoms with Crippen LogP contribution in [0.5, 0.6) is 0 Å². The van der Waals surface area contributed by atoms with Gasteiger partial charge < -0.3 is 88.7 Å². The van der Waals surface area contributed by atoms with Crippen LogP contribution in [0.3, 0.4) is 0 Å². The zero-order valence-electron chi connectivity index (χ0n) is 75.8. The number of hydrogen-bond acceptors (Lipinski definition) is 24. The molecule has 0 aromatic rings. The lowest BCUT2D eigenvalue weighted by Gasteiger charge is -2.50. The van der Waals surface area contributed by atoms with E-state index in [-0.39, 0.29) is 25.7 Å². The Morgan fingerprint density at radius 2 is 0.625 bits per heavy atom. The fourth-order valence-corrected chi connectivity index (χ4v) is 17.6. The van der Waals surface area contributed by atoms with Gasteiger partial charge in [-0.3, -0.25) is 28.2 Å². The minimum absolute atomic E-state index is 0.0200. The van der Waals surface area contributed by atoms with E-state index in [0.717, 1.165) is 128 Å². The van der Waals surface area contributed by atoms with E-state index < -0.39 is 162 Å². The summed E-state index contributed by atoms with van der Waals surface area (Å²) in [5.74, 6) is -2.25. The molecule has 0 radical (unpaired) electrons. The molecule has 1 aliphatic carbocycles. The fraction of sp³-hybridized carbons (Fsp3) is 0.957. The summed E-state index contributed by atoms with van der Waals surface area (Å²) in [6, 6.07) is 0. The monoisotopic (exact) mass is 1740 g/mol. The average molecular weight is 1740 g/mol. The second kappa shape index (κ2) is 72.4. The minimum Gasteiger partial charge on any atom is -0.463 e. The summed E-state index contributed by atoms with van der Waals surface area (Å²) in [6.07, 6.45) is 29.3. The maximum atomic E-state index is 14.9. The highest BCUT2D eigenvalue weighted by atomic mass is 31.2. The van der Waals surface area contributed by atoms with E-state index in [0.29, 0.717) is 38.0 Å². The molecule has 10 N–H and O–H groups in total. The lowest BCUT2D eigenvalue weighted by Crippen LogP contribution is -2.70. The molecule has 0 amide bonds.